The van der Waals surface area contributed by atoms with E-state index in [1.54, 1.807) is 12.4 Å². The molecule has 2 nitrogen and oxygen atoms in total. The van der Waals surface area contributed by atoms with Crippen molar-refractivity contribution in [1.82, 2.24) is 4.98 Å². The summed E-state index contributed by atoms with van der Waals surface area (Å²) in [5.74, 6) is 0. The molecule has 0 unspecified atom stereocenters. The summed E-state index contributed by atoms with van der Waals surface area (Å²) in [7, 11) is 0. The average Bonchev–Trinajstić information content (AvgIpc) is 2.15. The summed E-state index contributed by atoms with van der Waals surface area (Å²) in [6.45, 7) is 5.25. The van der Waals surface area contributed by atoms with Crippen molar-refractivity contribution < 1.29 is 0 Å². The van der Waals surface area contributed by atoms with E-state index in [1.165, 1.54) is 0 Å². The van der Waals surface area contributed by atoms with Gasteiger partial charge in [-0.25, -0.2) is 0 Å². The first-order valence-electron chi connectivity index (χ1n) is 4.59. The van der Waals surface area contributed by atoms with Crippen LogP contribution in [0.3, 0.4) is 0 Å². The van der Waals surface area contributed by atoms with E-state index >= 15 is 0 Å². The first kappa shape index (κ1) is 11.8. The van der Waals surface area contributed by atoms with Gasteiger partial charge in [-0.1, -0.05) is 27.5 Å². The summed E-state index contributed by atoms with van der Waals surface area (Å²) in [5.41, 5.74) is 1.05. The predicted molar refractivity (Wildman–Crippen MR) is 65.5 cm³/mol. The monoisotopic (exact) mass is 276 g/mol. The van der Waals surface area contributed by atoms with E-state index in [9.17, 15) is 0 Å². The molecule has 0 aliphatic carbocycles. The molecule has 1 heterocycles. The highest BCUT2D eigenvalue weighted by Gasteiger charge is 2.12. The zero-order chi connectivity index (χ0) is 10.6. The highest BCUT2D eigenvalue weighted by molar-refractivity contribution is 9.09. The SMILES string of the molecule is CC(C)N(CCBr)c1ccncc1Cl. The molecule has 0 fully saturated rings. The number of rotatable bonds is 4. The van der Waals surface area contributed by atoms with Crippen LogP contribution < -0.4 is 4.90 Å². The lowest BCUT2D eigenvalue weighted by molar-refractivity contribution is 0.708. The highest BCUT2D eigenvalue weighted by Crippen LogP contribution is 2.25. The van der Waals surface area contributed by atoms with Crippen LogP contribution in [-0.4, -0.2) is 22.9 Å². The van der Waals surface area contributed by atoms with Crippen molar-refractivity contribution in [2.75, 3.05) is 16.8 Å². The number of halogens is 2. The van der Waals surface area contributed by atoms with Crippen LogP contribution in [0.5, 0.6) is 0 Å². The molecule has 1 rings (SSSR count). The molecule has 0 aliphatic rings. The topological polar surface area (TPSA) is 16.1 Å². The van der Waals surface area contributed by atoms with Gasteiger partial charge < -0.3 is 4.90 Å². The number of anilines is 1. The van der Waals surface area contributed by atoms with Crippen molar-refractivity contribution in [3.63, 3.8) is 0 Å². The third-order valence-corrected chi connectivity index (χ3v) is 2.66. The van der Waals surface area contributed by atoms with Crippen molar-refractivity contribution in [3.05, 3.63) is 23.5 Å². The van der Waals surface area contributed by atoms with Crippen molar-refractivity contribution in [2.45, 2.75) is 19.9 Å². The lowest BCUT2D eigenvalue weighted by Gasteiger charge is -2.28. The molecule has 1 aromatic rings. The molecule has 78 valence electrons. The van der Waals surface area contributed by atoms with E-state index in [0.29, 0.717) is 11.1 Å². The van der Waals surface area contributed by atoms with Gasteiger partial charge in [0.05, 0.1) is 10.7 Å². The lowest BCUT2D eigenvalue weighted by atomic mass is 10.2. The maximum absolute atomic E-state index is 6.08. The molecule has 0 spiro atoms. The number of nitrogens with zero attached hydrogens (tertiary/aromatic N) is 2. The van der Waals surface area contributed by atoms with Crippen LogP contribution in [0, 0.1) is 0 Å². The Balaban J connectivity index is 2.93. The van der Waals surface area contributed by atoms with Crippen LogP contribution in [0.15, 0.2) is 18.5 Å². The van der Waals surface area contributed by atoms with Gasteiger partial charge in [0.2, 0.25) is 0 Å². The summed E-state index contributed by atoms with van der Waals surface area (Å²) in [4.78, 5) is 6.23. The van der Waals surface area contributed by atoms with Crippen LogP contribution >= 0.6 is 27.5 Å². The molecule has 0 saturated carbocycles. The maximum atomic E-state index is 6.08. The van der Waals surface area contributed by atoms with Gasteiger partial charge in [-0.3, -0.25) is 4.98 Å². The van der Waals surface area contributed by atoms with Crippen LogP contribution in [0.2, 0.25) is 5.02 Å². The normalized spacial score (nSPS) is 10.6. The molecular weight excluding hydrogens is 263 g/mol. The Bertz CT molecular complexity index is 291. The molecule has 0 N–H and O–H groups in total. The summed E-state index contributed by atoms with van der Waals surface area (Å²) in [5, 5.41) is 1.64. The summed E-state index contributed by atoms with van der Waals surface area (Å²) < 4.78 is 0. The molecule has 1 aromatic heterocycles. The zero-order valence-corrected chi connectivity index (χ0v) is 10.7. The van der Waals surface area contributed by atoms with Crippen molar-refractivity contribution in [1.29, 1.82) is 0 Å². The Morgan fingerprint density at radius 3 is 2.79 bits per heavy atom. The van der Waals surface area contributed by atoms with Crippen molar-refractivity contribution in [3.8, 4) is 0 Å². The number of pyridine rings is 1. The average molecular weight is 278 g/mol. The Labute approximate surface area is 98.4 Å². The van der Waals surface area contributed by atoms with Gasteiger partial charge in [0.25, 0.3) is 0 Å². The fourth-order valence-corrected chi connectivity index (χ4v) is 1.96. The minimum atomic E-state index is 0.437. The summed E-state index contributed by atoms with van der Waals surface area (Å²) in [6.07, 6.45) is 3.45. The van der Waals surface area contributed by atoms with Crippen LogP contribution in [0.4, 0.5) is 5.69 Å². The molecule has 0 aliphatic heterocycles. The van der Waals surface area contributed by atoms with E-state index in [2.05, 4.69) is 39.7 Å². The summed E-state index contributed by atoms with van der Waals surface area (Å²) in [6, 6.07) is 2.39. The molecule has 14 heavy (non-hydrogen) atoms. The minimum absolute atomic E-state index is 0.437. The molecule has 4 heteroatoms. The smallest absolute Gasteiger partial charge is 0.0822 e. The lowest BCUT2D eigenvalue weighted by Crippen LogP contribution is -2.32. The van der Waals surface area contributed by atoms with Gasteiger partial charge >= 0.3 is 0 Å². The Kier molecular flexibility index (Phi) is 4.69. The first-order chi connectivity index (χ1) is 6.66. The quantitative estimate of drug-likeness (QED) is 0.785. The van der Waals surface area contributed by atoms with E-state index in [1.807, 2.05) is 6.07 Å². The van der Waals surface area contributed by atoms with E-state index < -0.39 is 0 Å². The molecular formula is C10H14BrClN2. The molecule has 0 aromatic carbocycles. The van der Waals surface area contributed by atoms with Gasteiger partial charge in [0.15, 0.2) is 0 Å². The van der Waals surface area contributed by atoms with Gasteiger partial charge in [-0.05, 0) is 19.9 Å². The zero-order valence-electron chi connectivity index (χ0n) is 8.37. The second-order valence-corrected chi connectivity index (χ2v) is 4.50. The molecule has 0 saturated heterocycles. The predicted octanol–water partition coefficient (Wildman–Crippen LogP) is 3.34. The van der Waals surface area contributed by atoms with E-state index in [4.69, 9.17) is 11.6 Å². The van der Waals surface area contributed by atoms with E-state index in [-0.39, 0.29) is 0 Å². The fourth-order valence-electron chi connectivity index (χ4n) is 1.35. The molecule has 0 bridgehead atoms. The molecule has 0 atom stereocenters. The number of hydrogen-bond acceptors (Lipinski definition) is 2. The number of hydrogen-bond donors (Lipinski definition) is 0. The van der Waals surface area contributed by atoms with Crippen LogP contribution in [0.25, 0.3) is 0 Å². The number of alkyl halides is 1. The standard InChI is InChI=1S/C10H14BrClN2/c1-8(2)14(6-4-11)10-3-5-13-7-9(10)12/h3,5,7-8H,4,6H2,1-2H3. The molecule has 0 amide bonds. The third kappa shape index (κ3) is 2.85. The van der Waals surface area contributed by atoms with Crippen molar-refractivity contribution >= 4 is 33.2 Å². The van der Waals surface area contributed by atoms with Gasteiger partial charge in [-0.15, -0.1) is 0 Å². The summed E-state index contributed by atoms with van der Waals surface area (Å²) >= 11 is 9.52. The van der Waals surface area contributed by atoms with Gasteiger partial charge in [-0.2, -0.15) is 0 Å². The molecule has 0 radical (unpaired) electrons. The van der Waals surface area contributed by atoms with Gasteiger partial charge in [0.1, 0.15) is 0 Å². The Morgan fingerprint density at radius 2 is 2.29 bits per heavy atom. The Hall–Kier alpha value is -0.280. The second kappa shape index (κ2) is 5.56. The van der Waals surface area contributed by atoms with E-state index in [0.717, 1.165) is 17.6 Å². The number of aromatic nitrogens is 1. The van der Waals surface area contributed by atoms with Crippen LogP contribution in [0.1, 0.15) is 13.8 Å². The fraction of sp³-hybridized carbons (Fsp3) is 0.500. The maximum Gasteiger partial charge on any atom is 0.0822 e. The van der Waals surface area contributed by atoms with Gasteiger partial charge in [0, 0.05) is 30.3 Å². The first-order valence-corrected chi connectivity index (χ1v) is 6.09. The largest absolute Gasteiger partial charge is 0.367 e. The van der Waals surface area contributed by atoms with Crippen LogP contribution in [-0.2, 0) is 0 Å². The van der Waals surface area contributed by atoms with Crippen molar-refractivity contribution in [2.24, 2.45) is 0 Å². The Morgan fingerprint density at radius 1 is 1.57 bits per heavy atom. The highest BCUT2D eigenvalue weighted by atomic mass is 79.9. The minimum Gasteiger partial charge on any atom is -0.367 e. The second-order valence-electron chi connectivity index (χ2n) is 3.30. The third-order valence-electron chi connectivity index (χ3n) is 2.01.